The van der Waals surface area contributed by atoms with Gasteiger partial charge in [-0.15, -0.1) is 0 Å². The van der Waals surface area contributed by atoms with E-state index in [2.05, 4.69) is 5.32 Å². The molecule has 0 unspecified atom stereocenters. The van der Waals surface area contributed by atoms with Crippen LogP contribution in [0.4, 0.5) is 5.69 Å². The van der Waals surface area contributed by atoms with Crippen molar-refractivity contribution in [2.24, 2.45) is 5.73 Å². The first-order valence-corrected chi connectivity index (χ1v) is 6.90. The van der Waals surface area contributed by atoms with E-state index in [0.29, 0.717) is 5.75 Å². The van der Waals surface area contributed by atoms with E-state index in [-0.39, 0.29) is 18.6 Å². The van der Waals surface area contributed by atoms with Crippen molar-refractivity contribution < 1.29 is 9.53 Å². The third-order valence-electron chi connectivity index (χ3n) is 3.07. The van der Waals surface area contributed by atoms with Crippen LogP contribution in [0, 0.1) is 6.92 Å². The summed E-state index contributed by atoms with van der Waals surface area (Å²) in [7, 11) is 0. The number of anilines is 1. The lowest BCUT2D eigenvalue weighted by molar-refractivity contribution is -0.118. The number of carbonyl (C=O) groups is 1. The van der Waals surface area contributed by atoms with E-state index in [1.54, 1.807) is 0 Å². The Morgan fingerprint density at radius 1 is 1.24 bits per heavy atom. The lowest BCUT2D eigenvalue weighted by Gasteiger charge is -2.13. The predicted octanol–water partition coefficient (Wildman–Crippen LogP) is 3.03. The number of aryl methyl sites for hydroxylation is 1. The van der Waals surface area contributed by atoms with Crippen LogP contribution in [0.1, 0.15) is 24.1 Å². The van der Waals surface area contributed by atoms with Gasteiger partial charge in [0.1, 0.15) is 5.75 Å². The van der Waals surface area contributed by atoms with Gasteiger partial charge < -0.3 is 15.8 Å². The fraction of sp³-hybridized carbons (Fsp3) is 0.235. The average Bonchev–Trinajstić information content (AvgIpc) is 2.45. The monoisotopic (exact) mass is 284 g/mol. The molecule has 4 nitrogen and oxygen atoms in total. The molecule has 0 aliphatic heterocycles. The molecule has 1 atom stereocenters. The highest BCUT2D eigenvalue weighted by Gasteiger charge is 2.09. The van der Waals surface area contributed by atoms with Gasteiger partial charge in [-0.2, -0.15) is 0 Å². The number of ether oxygens (including phenoxy) is 1. The van der Waals surface area contributed by atoms with Crippen molar-refractivity contribution in [2.45, 2.75) is 19.9 Å². The zero-order chi connectivity index (χ0) is 15.2. The molecule has 0 bridgehead atoms. The summed E-state index contributed by atoms with van der Waals surface area (Å²) in [5, 5.41) is 2.81. The van der Waals surface area contributed by atoms with Crippen molar-refractivity contribution in [2.75, 3.05) is 11.9 Å². The Balaban J connectivity index is 1.95. The maximum Gasteiger partial charge on any atom is 0.262 e. The highest BCUT2D eigenvalue weighted by molar-refractivity contribution is 5.91. The number of benzene rings is 2. The van der Waals surface area contributed by atoms with Gasteiger partial charge in [0, 0.05) is 17.3 Å². The Morgan fingerprint density at radius 3 is 2.71 bits per heavy atom. The Kier molecular flexibility index (Phi) is 4.95. The van der Waals surface area contributed by atoms with Gasteiger partial charge in [-0.1, -0.05) is 30.3 Å². The molecule has 2 aromatic rings. The fourth-order valence-corrected chi connectivity index (χ4v) is 2.05. The van der Waals surface area contributed by atoms with Crippen LogP contribution in [-0.2, 0) is 4.79 Å². The van der Waals surface area contributed by atoms with Gasteiger partial charge in [-0.05, 0) is 37.6 Å². The van der Waals surface area contributed by atoms with Crippen molar-refractivity contribution in [1.29, 1.82) is 0 Å². The number of hydrogen-bond donors (Lipinski definition) is 2. The number of amides is 1. The van der Waals surface area contributed by atoms with Crippen LogP contribution in [-0.4, -0.2) is 12.5 Å². The van der Waals surface area contributed by atoms with Crippen molar-refractivity contribution >= 4 is 11.6 Å². The third kappa shape index (κ3) is 4.33. The first-order valence-electron chi connectivity index (χ1n) is 6.90. The normalized spacial score (nSPS) is 11.8. The average molecular weight is 284 g/mol. The lowest BCUT2D eigenvalue weighted by atomic mass is 10.1. The highest BCUT2D eigenvalue weighted by atomic mass is 16.5. The summed E-state index contributed by atoms with van der Waals surface area (Å²) in [6.45, 7) is 3.82. The summed E-state index contributed by atoms with van der Waals surface area (Å²) < 4.78 is 5.57. The SMILES string of the molecule is Cc1cccc(NC(=O)COc2ccccc2[C@@H](C)N)c1. The summed E-state index contributed by atoms with van der Waals surface area (Å²) in [5.74, 6) is 0.451. The Labute approximate surface area is 124 Å². The van der Waals surface area contributed by atoms with Gasteiger partial charge in [-0.25, -0.2) is 0 Å². The van der Waals surface area contributed by atoms with Crippen molar-refractivity contribution in [1.82, 2.24) is 0 Å². The summed E-state index contributed by atoms with van der Waals surface area (Å²) >= 11 is 0. The first kappa shape index (κ1) is 15.1. The quantitative estimate of drug-likeness (QED) is 0.887. The number of para-hydroxylation sites is 1. The van der Waals surface area contributed by atoms with Crippen LogP contribution in [0.5, 0.6) is 5.75 Å². The minimum Gasteiger partial charge on any atom is -0.483 e. The minimum atomic E-state index is -0.194. The van der Waals surface area contributed by atoms with E-state index >= 15 is 0 Å². The lowest BCUT2D eigenvalue weighted by Crippen LogP contribution is -2.21. The molecule has 2 rings (SSSR count). The van der Waals surface area contributed by atoms with E-state index in [9.17, 15) is 4.79 Å². The van der Waals surface area contributed by atoms with Crippen LogP contribution in [0.2, 0.25) is 0 Å². The highest BCUT2D eigenvalue weighted by Crippen LogP contribution is 2.23. The van der Waals surface area contributed by atoms with E-state index in [0.717, 1.165) is 16.8 Å². The molecular weight excluding hydrogens is 264 g/mol. The molecule has 0 saturated heterocycles. The second-order valence-corrected chi connectivity index (χ2v) is 5.03. The van der Waals surface area contributed by atoms with Gasteiger partial charge in [0.15, 0.2) is 6.61 Å². The number of nitrogens with one attached hydrogen (secondary N) is 1. The molecule has 0 aliphatic rings. The van der Waals surface area contributed by atoms with Crippen LogP contribution < -0.4 is 15.8 Å². The molecule has 1 amide bonds. The Hall–Kier alpha value is -2.33. The zero-order valence-electron chi connectivity index (χ0n) is 12.3. The summed E-state index contributed by atoms with van der Waals surface area (Å²) in [4.78, 5) is 11.9. The molecule has 0 aliphatic carbocycles. The van der Waals surface area contributed by atoms with Gasteiger partial charge in [0.05, 0.1) is 0 Å². The molecule has 0 heterocycles. The van der Waals surface area contributed by atoms with Crippen molar-refractivity contribution in [3.63, 3.8) is 0 Å². The van der Waals surface area contributed by atoms with Gasteiger partial charge in [-0.3, -0.25) is 4.79 Å². The maximum absolute atomic E-state index is 11.9. The Bertz CT molecular complexity index is 624. The van der Waals surface area contributed by atoms with E-state index in [1.807, 2.05) is 62.4 Å². The fourth-order valence-electron chi connectivity index (χ4n) is 2.05. The van der Waals surface area contributed by atoms with Crippen LogP contribution >= 0.6 is 0 Å². The summed E-state index contributed by atoms with van der Waals surface area (Å²) in [6.07, 6.45) is 0. The molecule has 110 valence electrons. The van der Waals surface area contributed by atoms with Crippen LogP contribution in [0.3, 0.4) is 0 Å². The van der Waals surface area contributed by atoms with Gasteiger partial charge in [0.2, 0.25) is 0 Å². The van der Waals surface area contributed by atoms with Crippen molar-refractivity contribution in [3.8, 4) is 5.75 Å². The zero-order valence-corrected chi connectivity index (χ0v) is 12.3. The molecule has 0 aromatic heterocycles. The standard InChI is InChI=1S/C17H20N2O2/c1-12-6-5-7-14(10-12)19-17(20)11-21-16-9-4-3-8-15(16)13(2)18/h3-10,13H,11,18H2,1-2H3,(H,19,20)/t13-/m1/s1. The van der Waals surface area contributed by atoms with Gasteiger partial charge >= 0.3 is 0 Å². The van der Waals surface area contributed by atoms with Crippen LogP contribution in [0.25, 0.3) is 0 Å². The summed E-state index contributed by atoms with van der Waals surface area (Å²) in [5.41, 5.74) is 8.63. The largest absolute Gasteiger partial charge is 0.483 e. The number of rotatable bonds is 5. The first-order chi connectivity index (χ1) is 10.1. The van der Waals surface area contributed by atoms with E-state index < -0.39 is 0 Å². The molecule has 0 fully saturated rings. The molecule has 0 spiro atoms. The van der Waals surface area contributed by atoms with Crippen LogP contribution in [0.15, 0.2) is 48.5 Å². The predicted molar refractivity (Wildman–Crippen MR) is 84.3 cm³/mol. The summed E-state index contributed by atoms with van der Waals surface area (Å²) in [6, 6.07) is 15.0. The minimum absolute atomic E-state index is 0.0440. The number of hydrogen-bond acceptors (Lipinski definition) is 3. The molecule has 0 saturated carbocycles. The molecular formula is C17H20N2O2. The third-order valence-corrected chi connectivity index (χ3v) is 3.07. The van der Waals surface area contributed by atoms with Crippen molar-refractivity contribution in [3.05, 3.63) is 59.7 Å². The molecule has 0 radical (unpaired) electrons. The van der Waals surface area contributed by atoms with Gasteiger partial charge in [0.25, 0.3) is 5.91 Å². The number of nitrogens with two attached hydrogens (primary N) is 1. The maximum atomic E-state index is 11.9. The Morgan fingerprint density at radius 2 is 2.00 bits per heavy atom. The molecule has 4 heteroatoms. The molecule has 21 heavy (non-hydrogen) atoms. The van der Waals surface area contributed by atoms with E-state index in [1.165, 1.54) is 0 Å². The van der Waals surface area contributed by atoms with E-state index in [4.69, 9.17) is 10.5 Å². The second-order valence-electron chi connectivity index (χ2n) is 5.03. The topological polar surface area (TPSA) is 64.3 Å². The number of carbonyl (C=O) groups excluding carboxylic acids is 1. The smallest absolute Gasteiger partial charge is 0.262 e. The second kappa shape index (κ2) is 6.90. The molecule has 2 aromatic carbocycles. The molecule has 3 N–H and O–H groups in total.